The monoisotopic (exact) mass is 252 g/mol. The predicted molar refractivity (Wildman–Crippen MR) is 65.1 cm³/mol. The number of halogens is 1. The van der Waals surface area contributed by atoms with E-state index in [-0.39, 0.29) is 18.4 Å². The number of hydrogen-bond donors (Lipinski definition) is 3. The summed E-state index contributed by atoms with van der Waals surface area (Å²) in [6, 6.07) is 6.32. The van der Waals surface area contributed by atoms with Crippen molar-refractivity contribution in [1.82, 2.24) is 5.32 Å². The van der Waals surface area contributed by atoms with Crippen molar-refractivity contribution < 1.29 is 14.3 Å². The Labute approximate surface area is 105 Å². The quantitative estimate of drug-likeness (QED) is 0.698. The predicted octanol–water partition coefficient (Wildman–Crippen LogP) is 0.713. The summed E-state index contributed by atoms with van der Waals surface area (Å²) in [4.78, 5) is 10.8. The van der Waals surface area contributed by atoms with E-state index in [4.69, 9.17) is 5.73 Å². The summed E-state index contributed by atoms with van der Waals surface area (Å²) in [6.07, 6.45) is 1.01. The maximum atomic E-state index is 12.9. The summed E-state index contributed by atoms with van der Waals surface area (Å²) in [6.45, 7) is 0.119. The molecule has 1 amide bonds. The molecule has 18 heavy (non-hydrogen) atoms. The molecular formula is C13H17FN2O2. The average Bonchev–Trinajstić information content (AvgIpc) is 3.15. The molecule has 2 rings (SSSR count). The van der Waals surface area contributed by atoms with Crippen LogP contribution in [0.25, 0.3) is 0 Å². The van der Waals surface area contributed by atoms with E-state index in [2.05, 4.69) is 5.32 Å². The fourth-order valence-electron chi connectivity index (χ4n) is 2.00. The SMILES string of the molecule is NC(=O)C(O)CNC(c1ccc(F)cc1)C1CC1. The Balaban J connectivity index is 2.00. The molecule has 0 radical (unpaired) electrons. The lowest BCUT2D eigenvalue weighted by Gasteiger charge is -2.20. The van der Waals surface area contributed by atoms with Crippen LogP contribution in [-0.4, -0.2) is 23.7 Å². The van der Waals surface area contributed by atoms with Gasteiger partial charge in [-0.15, -0.1) is 0 Å². The topological polar surface area (TPSA) is 75.4 Å². The summed E-state index contributed by atoms with van der Waals surface area (Å²) in [5.74, 6) is -0.530. The van der Waals surface area contributed by atoms with Crippen molar-refractivity contribution in [3.8, 4) is 0 Å². The van der Waals surface area contributed by atoms with Crippen LogP contribution in [0.5, 0.6) is 0 Å². The highest BCUT2D eigenvalue weighted by atomic mass is 19.1. The number of carbonyl (C=O) groups excluding carboxylic acids is 1. The Morgan fingerprint density at radius 3 is 2.56 bits per heavy atom. The van der Waals surface area contributed by atoms with E-state index < -0.39 is 12.0 Å². The number of nitrogens with one attached hydrogen (secondary N) is 1. The summed E-state index contributed by atoms with van der Waals surface area (Å²) in [7, 11) is 0. The molecule has 0 bridgehead atoms. The van der Waals surface area contributed by atoms with Crippen LogP contribution in [0.15, 0.2) is 24.3 Å². The number of benzene rings is 1. The summed E-state index contributed by atoms with van der Waals surface area (Å²) in [5.41, 5.74) is 5.96. The molecule has 0 aliphatic heterocycles. The molecular weight excluding hydrogens is 235 g/mol. The van der Waals surface area contributed by atoms with Crippen molar-refractivity contribution in [3.63, 3.8) is 0 Å². The molecule has 4 N–H and O–H groups in total. The average molecular weight is 252 g/mol. The Morgan fingerprint density at radius 2 is 2.06 bits per heavy atom. The molecule has 0 saturated heterocycles. The van der Waals surface area contributed by atoms with Crippen molar-refractivity contribution in [1.29, 1.82) is 0 Å². The molecule has 0 aromatic heterocycles. The lowest BCUT2D eigenvalue weighted by molar-refractivity contribution is -0.125. The minimum Gasteiger partial charge on any atom is -0.382 e. The minimum atomic E-state index is -1.19. The first kappa shape index (κ1) is 13.0. The molecule has 4 nitrogen and oxygen atoms in total. The summed E-state index contributed by atoms with van der Waals surface area (Å²) < 4.78 is 12.9. The molecule has 98 valence electrons. The first-order chi connectivity index (χ1) is 8.58. The molecule has 1 aliphatic rings. The van der Waals surface area contributed by atoms with Gasteiger partial charge in [0.2, 0.25) is 5.91 Å². The lowest BCUT2D eigenvalue weighted by Crippen LogP contribution is -2.39. The van der Waals surface area contributed by atoms with Gasteiger partial charge in [0.1, 0.15) is 11.9 Å². The van der Waals surface area contributed by atoms with Crippen molar-refractivity contribution in [2.45, 2.75) is 25.0 Å². The third-order valence-electron chi connectivity index (χ3n) is 3.18. The number of carbonyl (C=O) groups is 1. The van der Waals surface area contributed by atoms with E-state index in [1.807, 2.05) is 0 Å². The molecule has 2 unspecified atom stereocenters. The van der Waals surface area contributed by atoms with Gasteiger partial charge in [0.25, 0.3) is 0 Å². The molecule has 0 spiro atoms. The first-order valence-corrected chi connectivity index (χ1v) is 6.04. The fourth-order valence-corrected chi connectivity index (χ4v) is 2.00. The van der Waals surface area contributed by atoms with E-state index >= 15 is 0 Å². The largest absolute Gasteiger partial charge is 0.382 e. The van der Waals surface area contributed by atoms with Crippen molar-refractivity contribution in [3.05, 3.63) is 35.6 Å². The Hall–Kier alpha value is -1.46. The molecule has 1 saturated carbocycles. The van der Waals surface area contributed by atoms with Crippen LogP contribution in [0.2, 0.25) is 0 Å². The molecule has 1 aromatic carbocycles. The zero-order valence-electron chi connectivity index (χ0n) is 9.97. The highest BCUT2D eigenvalue weighted by molar-refractivity contribution is 5.78. The van der Waals surface area contributed by atoms with Gasteiger partial charge < -0.3 is 16.2 Å². The minimum absolute atomic E-state index is 0.0413. The third kappa shape index (κ3) is 3.27. The third-order valence-corrected chi connectivity index (χ3v) is 3.18. The Kier molecular flexibility index (Phi) is 3.93. The van der Waals surface area contributed by atoms with Gasteiger partial charge in [0, 0.05) is 12.6 Å². The van der Waals surface area contributed by atoms with Crippen LogP contribution in [-0.2, 0) is 4.79 Å². The van der Waals surface area contributed by atoms with Gasteiger partial charge in [-0.1, -0.05) is 12.1 Å². The number of aliphatic hydroxyl groups excluding tert-OH is 1. The van der Waals surface area contributed by atoms with Gasteiger partial charge in [-0.25, -0.2) is 4.39 Å². The Bertz CT molecular complexity index is 418. The zero-order valence-corrected chi connectivity index (χ0v) is 9.97. The van der Waals surface area contributed by atoms with E-state index in [1.165, 1.54) is 12.1 Å². The fraction of sp³-hybridized carbons (Fsp3) is 0.462. The van der Waals surface area contributed by atoms with Gasteiger partial charge in [0.05, 0.1) is 0 Å². The van der Waals surface area contributed by atoms with Gasteiger partial charge in [-0.3, -0.25) is 4.79 Å². The Morgan fingerprint density at radius 1 is 1.44 bits per heavy atom. The first-order valence-electron chi connectivity index (χ1n) is 6.04. The van der Waals surface area contributed by atoms with Crippen LogP contribution < -0.4 is 11.1 Å². The van der Waals surface area contributed by atoms with E-state index in [1.54, 1.807) is 12.1 Å². The molecule has 1 aliphatic carbocycles. The number of aliphatic hydroxyl groups is 1. The number of primary amides is 1. The summed E-state index contributed by atoms with van der Waals surface area (Å²) >= 11 is 0. The van der Waals surface area contributed by atoms with Gasteiger partial charge in [-0.2, -0.15) is 0 Å². The van der Waals surface area contributed by atoms with Gasteiger partial charge in [0.15, 0.2) is 0 Å². The van der Waals surface area contributed by atoms with Crippen LogP contribution >= 0.6 is 0 Å². The normalized spacial score (nSPS) is 18.3. The zero-order chi connectivity index (χ0) is 13.1. The van der Waals surface area contributed by atoms with Crippen LogP contribution in [0.4, 0.5) is 4.39 Å². The lowest BCUT2D eigenvalue weighted by atomic mass is 10.0. The number of rotatable bonds is 6. The molecule has 1 aromatic rings. The second kappa shape index (κ2) is 5.46. The van der Waals surface area contributed by atoms with E-state index in [9.17, 15) is 14.3 Å². The van der Waals surface area contributed by atoms with Crippen LogP contribution in [0, 0.1) is 11.7 Å². The standard InChI is InChI=1S/C13H17FN2O2/c14-10-5-3-9(4-6-10)12(8-1-2-8)16-7-11(17)13(15)18/h3-6,8,11-12,16-17H,1-2,7H2,(H2,15,18). The smallest absolute Gasteiger partial charge is 0.247 e. The van der Waals surface area contributed by atoms with Gasteiger partial charge >= 0.3 is 0 Å². The number of nitrogens with two attached hydrogens (primary N) is 1. The van der Waals surface area contributed by atoms with Crippen LogP contribution in [0.1, 0.15) is 24.4 Å². The molecule has 5 heteroatoms. The second-order valence-corrected chi connectivity index (χ2v) is 4.69. The number of amides is 1. The highest BCUT2D eigenvalue weighted by Crippen LogP contribution is 2.40. The molecule has 1 fully saturated rings. The molecule has 2 atom stereocenters. The van der Waals surface area contributed by atoms with E-state index in [0.717, 1.165) is 18.4 Å². The second-order valence-electron chi connectivity index (χ2n) is 4.69. The van der Waals surface area contributed by atoms with Crippen molar-refractivity contribution in [2.75, 3.05) is 6.54 Å². The number of hydrogen-bond acceptors (Lipinski definition) is 3. The van der Waals surface area contributed by atoms with Crippen molar-refractivity contribution in [2.24, 2.45) is 11.7 Å². The van der Waals surface area contributed by atoms with Crippen LogP contribution in [0.3, 0.4) is 0 Å². The van der Waals surface area contributed by atoms with E-state index in [0.29, 0.717) is 5.92 Å². The highest BCUT2D eigenvalue weighted by Gasteiger charge is 2.32. The van der Waals surface area contributed by atoms with Crippen molar-refractivity contribution >= 4 is 5.91 Å². The van der Waals surface area contributed by atoms with Gasteiger partial charge in [-0.05, 0) is 36.5 Å². The maximum Gasteiger partial charge on any atom is 0.247 e. The molecule has 0 heterocycles. The summed E-state index contributed by atoms with van der Waals surface area (Å²) in [5, 5.41) is 12.5. The maximum absolute atomic E-state index is 12.9.